The van der Waals surface area contributed by atoms with Gasteiger partial charge in [-0.05, 0) is 46.1 Å². The first-order valence-corrected chi connectivity index (χ1v) is 4.65. The summed E-state index contributed by atoms with van der Waals surface area (Å²) in [5.41, 5.74) is 4.23. The van der Waals surface area contributed by atoms with Crippen LogP contribution in [0, 0.1) is 12.0 Å². The number of allylic oxidation sites excluding steroid dienone is 4. The molecule has 0 saturated carbocycles. The highest BCUT2D eigenvalue weighted by Gasteiger charge is 1.96. The van der Waals surface area contributed by atoms with E-state index in [0.29, 0.717) is 5.92 Å². The minimum atomic E-state index is 0.634. The third kappa shape index (κ3) is 4.38. The van der Waals surface area contributed by atoms with Gasteiger partial charge in [-0.2, -0.15) is 0 Å². The molecule has 0 rings (SSSR count). The Balaban J connectivity index is 4.15. The molecule has 1 radical (unpaired) electrons. The van der Waals surface area contributed by atoms with Crippen LogP contribution in [0.4, 0.5) is 0 Å². The van der Waals surface area contributed by atoms with E-state index in [-0.39, 0.29) is 0 Å². The van der Waals surface area contributed by atoms with Crippen LogP contribution in [0.5, 0.6) is 0 Å². The molecule has 0 nitrogen and oxygen atoms in total. The van der Waals surface area contributed by atoms with Crippen molar-refractivity contribution in [2.45, 2.75) is 48.0 Å². The molecule has 0 aliphatic heterocycles. The Morgan fingerprint density at radius 2 is 1.58 bits per heavy atom. The molecule has 0 aromatic carbocycles. The molecule has 0 unspecified atom stereocenters. The quantitative estimate of drug-likeness (QED) is 0.551. The van der Waals surface area contributed by atoms with E-state index in [1.165, 1.54) is 16.7 Å². The van der Waals surface area contributed by atoms with Gasteiger partial charge in [0.1, 0.15) is 0 Å². The molecule has 69 valence electrons. The smallest absolute Gasteiger partial charge is 0.00650 e. The minimum Gasteiger partial charge on any atom is -0.0772 e. The number of hydrogen-bond donors (Lipinski definition) is 0. The Bertz CT molecular complexity index is 188. The van der Waals surface area contributed by atoms with Crippen molar-refractivity contribution >= 4 is 0 Å². The van der Waals surface area contributed by atoms with Crippen molar-refractivity contribution in [3.8, 4) is 0 Å². The summed E-state index contributed by atoms with van der Waals surface area (Å²) in [6.45, 7) is 13.1. The van der Waals surface area contributed by atoms with Crippen molar-refractivity contribution in [1.82, 2.24) is 0 Å². The van der Waals surface area contributed by atoms with Crippen LogP contribution in [0.2, 0.25) is 0 Å². The Hall–Kier alpha value is -0.520. The van der Waals surface area contributed by atoms with Crippen molar-refractivity contribution in [2.24, 2.45) is 5.92 Å². The van der Waals surface area contributed by atoms with Crippen LogP contribution in [-0.4, -0.2) is 0 Å². The molecule has 0 heterocycles. The summed E-state index contributed by atoms with van der Waals surface area (Å²) in [7, 11) is 0. The lowest BCUT2D eigenvalue weighted by molar-refractivity contribution is 0.758. The van der Waals surface area contributed by atoms with Gasteiger partial charge in [0.25, 0.3) is 0 Å². The van der Waals surface area contributed by atoms with E-state index in [2.05, 4.69) is 47.6 Å². The van der Waals surface area contributed by atoms with E-state index in [4.69, 9.17) is 0 Å². The van der Waals surface area contributed by atoms with E-state index in [1.807, 2.05) is 0 Å². The SMILES string of the molecule is CC(C)=C(C)C/[C]=C(\C)C(C)C. The second-order valence-corrected chi connectivity index (χ2v) is 3.97. The van der Waals surface area contributed by atoms with Crippen molar-refractivity contribution in [3.63, 3.8) is 0 Å². The van der Waals surface area contributed by atoms with E-state index in [0.717, 1.165) is 6.42 Å². The summed E-state index contributed by atoms with van der Waals surface area (Å²) in [6.07, 6.45) is 4.41. The second kappa shape index (κ2) is 5.18. The lowest BCUT2D eigenvalue weighted by atomic mass is 10.0. The fraction of sp³-hybridized carbons (Fsp3) is 0.667. The van der Waals surface area contributed by atoms with Crippen molar-refractivity contribution < 1.29 is 0 Å². The standard InChI is InChI=1S/C12H21/c1-9(2)11(5)7-8-12(6)10(3)4/h10H,7H2,1-6H3. The zero-order valence-electron chi connectivity index (χ0n) is 9.28. The lowest BCUT2D eigenvalue weighted by Gasteiger charge is -2.05. The molecule has 0 aliphatic carbocycles. The number of hydrogen-bond acceptors (Lipinski definition) is 0. The third-order valence-electron chi connectivity index (χ3n) is 2.35. The van der Waals surface area contributed by atoms with E-state index >= 15 is 0 Å². The van der Waals surface area contributed by atoms with Crippen molar-refractivity contribution in [1.29, 1.82) is 0 Å². The Kier molecular flexibility index (Phi) is 4.96. The molecule has 0 aromatic rings. The largest absolute Gasteiger partial charge is 0.0772 e. The Labute approximate surface area is 77.4 Å². The predicted molar refractivity (Wildman–Crippen MR) is 55.9 cm³/mol. The average molecular weight is 165 g/mol. The van der Waals surface area contributed by atoms with Gasteiger partial charge in [0.15, 0.2) is 0 Å². The van der Waals surface area contributed by atoms with Crippen LogP contribution < -0.4 is 0 Å². The third-order valence-corrected chi connectivity index (χ3v) is 2.35. The van der Waals surface area contributed by atoms with Gasteiger partial charge < -0.3 is 0 Å². The first-order valence-electron chi connectivity index (χ1n) is 4.65. The summed E-state index contributed by atoms with van der Waals surface area (Å²) in [4.78, 5) is 0. The summed E-state index contributed by atoms with van der Waals surface area (Å²) >= 11 is 0. The first-order chi connectivity index (χ1) is 5.45. The summed E-state index contributed by atoms with van der Waals surface area (Å²) in [5, 5.41) is 0. The minimum absolute atomic E-state index is 0.634. The Morgan fingerprint density at radius 1 is 1.08 bits per heavy atom. The second-order valence-electron chi connectivity index (χ2n) is 3.97. The zero-order valence-corrected chi connectivity index (χ0v) is 9.28. The topological polar surface area (TPSA) is 0 Å². The van der Waals surface area contributed by atoms with Gasteiger partial charge in [-0.25, -0.2) is 0 Å². The van der Waals surface area contributed by atoms with Gasteiger partial charge in [-0.3, -0.25) is 0 Å². The van der Waals surface area contributed by atoms with Crippen LogP contribution in [0.25, 0.3) is 0 Å². The normalized spacial score (nSPS) is 12.1. The highest BCUT2D eigenvalue weighted by atomic mass is 14.0. The molecule has 0 fully saturated rings. The van der Waals surface area contributed by atoms with E-state index < -0.39 is 0 Å². The van der Waals surface area contributed by atoms with Crippen molar-refractivity contribution in [3.05, 3.63) is 22.8 Å². The molecule has 0 heteroatoms. The number of rotatable bonds is 3. The molecule has 0 N–H and O–H groups in total. The fourth-order valence-corrected chi connectivity index (χ4v) is 0.653. The maximum absolute atomic E-state index is 3.42. The van der Waals surface area contributed by atoms with Gasteiger partial charge >= 0.3 is 0 Å². The van der Waals surface area contributed by atoms with Gasteiger partial charge in [0.2, 0.25) is 0 Å². The summed E-state index contributed by atoms with van der Waals surface area (Å²) in [5.74, 6) is 0.634. The highest BCUT2D eigenvalue weighted by molar-refractivity contribution is 5.11. The van der Waals surface area contributed by atoms with Crippen LogP contribution in [0.15, 0.2) is 16.7 Å². The van der Waals surface area contributed by atoms with Gasteiger partial charge in [0, 0.05) is 0 Å². The van der Waals surface area contributed by atoms with Gasteiger partial charge in [-0.1, -0.05) is 30.6 Å². The molecule has 0 spiro atoms. The van der Waals surface area contributed by atoms with Crippen LogP contribution in [0.1, 0.15) is 48.0 Å². The molecular weight excluding hydrogens is 144 g/mol. The van der Waals surface area contributed by atoms with Crippen LogP contribution >= 0.6 is 0 Å². The molecule has 12 heavy (non-hydrogen) atoms. The molecule has 0 aromatic heterocycles. The average Bonchev–Trinajstić information content (AvgIpc) is 1.98. The lowest BCUT2D eigenvalue weighted by Crippen LogP contribution is -1.89. The molecule has 0 atom stereocenters. The summed E-state index contributed by atoms with van der Waals surface area (Å²) in [6, 6.07) is 0. The van der Waals surface area contributed by atoms with Gasteiger partial charge in [0.05, 0.1) is 0 Å². The monoisotopic (exact) mass is 165 g/mol. The van der Waals surface area contributed by atoms with Gasteiger partial charge in [-0.15, -0.1) is 0 Å². The molecular formula is C12H21. The first kappa shape index (κ1) is 11.5. The maximum atomic E-state index is 3.42. The van der Waals surface area contributed by atoms with Crippen molar-refractivity contribution in [2.75, 3.05) is 0 Å². The molecule has 0 bridgehead atoms. The van der Waals surface area contributed by atoms with Crippen LogP contribution in [0.3, 0.4) is 0 Å². The molecule has 0 amide bonds. The Morgan fingerprint density at radius 3 is 1.92 bits per heavy atom. The van der Waals surface area contributed by atoms with E-state index in [9.17, 15) is 0 Å². The fourth-order valence-electron chi connectivity index (χ4n) is 0.653. The highest BCUT2D eigenvalue weighted by Crippen LogP contribution is 2.12. The van der Waals surface area contributed by atoms with E-state index in [1.54, 1.807) is 0 Å². The maximum Gasteiger partial charge on any atom is -0.00650 e. The van der Waals surface area contributed by atoms with Crippen LogP contribution in [-0.2, 0) is 0 Å². The summed E-state index contributed by atoms with van der Waals surface area (Å²) < 4.78 is 0. The zero-order chi connectivity index (χ0) is 9.72. The molecule has 0 saturated heterocycles. The molecule has 0 aliphatic rings. The predicted octanol–water partition coefficient (Wildman–Crippen LogP) is 4.14.